The van der Waals surface area contributed by atoms with Crippen LogP contribution in [-0.4, -0.2) is 41.0 Å². The fourth-order valence-electron chi connectivity index (χ4n) is 1.54. The van der Waals surface area contributed by atoms with Crippen LogP contribution in [0.15, 0.2) is 52.8 Å². The average molecular weight is 324 g/mol. The molecule has 0 aliphatic heterocycles. The molecular formula is C13H12N2O4S2. The molecule has 0 amide bonds. The van der Waals surface area contributed by atoms with Crippen molar-refractivity contribution in [1.29, 1.82) is 0 Å². The second kappa shape index (κ2) is 6.68. The van der Waals surface area contributed by atoms with E-state index in [2.05, 4.69) is 9.97 Å². The monoisotopic (exact) mass is 324 g/mol. The summed E-state index contributed by atoms with van der Waals surface area (Å²) in [6.07, 6.45) is 3.00. The highest BCUT2D eigenvalue weighted by Gasteiger charge is 2.15. The van der Waals surface area contributed by atoms with Crippen LogP contribution in [0.5, 0.6) is 0 Å². The molecule has 21 heavy (non-hydrogen) atoms. The number of thioether (sulfide) groups is 1. The van der Waals surface area contributed by atoms with Crippen molar-refractivity contribution >= 4 is 27.6 Å². The molecule has 0 saturated carbocycles. The highest BCUT2D eigenvalue weighted by Crippen LogP contribution is 2.17. The summed E-state index contributed by atoms with van der Waals surface area (Å²) in [5, 5.41) is 9.49. The lowest BCUT2D eigenvalue weighted by atomic mass is 10.2. The average Bonchev–Trinajstić information content (AvgIpc) is 2.48. The van der Waals surface area contributed by atoms with Gasteiger partial charge in [-0.05, 0) is 30.3 Å². The molecule has 1 heterocycles. The van der Waals surface area contributed by atoms with Gasteiger partial charge in [0, 0.05) is 11.9 Å². The van der Waals surface area contributed by atoms with Crippen LogP contribution in [0.4, 0.5) is 0 Å². The Hall–Kier alpha value is -1.93. The van der Waals surface area contributed by atoms with Crippen molar-refractivity contribution < 1.29 is 18.3 Å². The molecule has 1 aromatic carbocycles. The first-order chi connectivity index (χ1) is 9.99. The molecular weight excluding hydrogens is 312 g/mol. The third kappa shape index (κ3) is 4.27. The van der Waals surface area contributed by atoms with Gasteiger partial charge >= 0.3 is 5.97 Å². The fraction of sp³-hybridized carbons (Fsp3) is 0.154. The number of rotatable bonds is 6. The lowest BCUT2D eigenvalue weighted by molar-refractivity contribution is 0.0696. The van der Waals surface area contributed by atoms with Crippen LogP contribution in [0.25, 0.3) is 0 Å². The maximum absolute atomic E-state index is 12.1. The molecule has 0 saturated heterocycles. The Kier molecular flexibility index (Phi) is 4.92. The van der Waals surface area contributed by atoms with Crippen molar-refractivity contribution in [1.82, 2.24) is 9.97 Å². The Morgan fingerprint density at radius 2 is 1.90 bits per heavy atom. The first-order valence-corrected chi connectivity index (χ1v) is 8.58. The summed E-state index contributed by atoms with van der Waals surface area (Å²) in [7, 11) is -3.43. The number of hydrogen-bond donors (Lipinski definition) is 1. The molecule has 8 heteroatoms. The second-order valence-corrected chi connectivity index (χ2v) is 7.27. The third-order valence-electron chi connectivity index (χ3n) is 2.62. The fourth-order valence-corrected chi connectivity index (χ4v) is 4.03. The van der Waals surface area contributed by atoms with Gasteiger partial charge in [0.1, 0.15) is 6.33 Å². The van der Waals surface area contributed by atoms with E-state index in [1.165, 1.54) is 42.4 Å². The van der Waals surface area contributed by atoms with Crippen molar-refractivity contribution in [2.45, 2.75) is 9.92 Å². The van der Waals surface area contributed by atoms with E-state index in [4.69, 9.17) is 5.11 Å². The number of aromatic nitrogens is 2. The molecule has 0 aliphatic rings. The SMILES string of the molecule is O=C(O)c1ccc(S(=O)(=O)CCSc2ccncn2)cc1. The van der Waals surface area contributed by atoms with Crippen molar-refractivity contribution in [3.05, 3.63) is 48.4 Å². The zero-order valence-corrected chi connectivity index (χ0v) is 12.5. The standard InChI is InChI=1S/C13H12N2O4S2/c16-13(17)10-1-3-11(4-2-10)21(18,19)8-7-20-12-5-6-14-9-15-12/h1-6,9H,7-8H2,(H,16,17). The number of carboxylic acids is 1. The largest absolute Gasteiger partial charge is 0.478 e. The Bertz CT molecular complexity index is 716. The van der Waals surface area contributed by atoms with Crippen LogP contribution < -0.4 is 0 Å². The van der Waals surface area contributed by atoms with Crippen LogP contribution in [0.3, 0.4) is 0 Å². The Morgan fingerprint density at radius 1 is 1.19 bits per heavy atom. The number of hydrogen-bond acceptors (Lipinski definition) is 6. The van der Waals surface area contributed by atoms with Gasteiger partial charge in [0.05, 0.1) is 21.2 Å². The number of carboxylic acid groups (broad SMARTS) is 1. The molecule has 0 radical (unpaired) electrons. The summed E-state index contributed by atoms with van der Waals surface area (Å²) in [5.41, 5.74) is 0.0595. The zero-order valence-electron chi connectivity index (χ0n) is 10.8. The summed E-state index contributed by atoms with van der Waals surface area (Å²) >= 11 is 1.33. The maximum atomic E-state index is 12.1. The molecule has 0 fully saturated rings. The molecule has 1 aromatic heterocycles. The van der Waals surface area contributed by atoms with Crippen LogP contribution in [0, 0.1) is 0 Å². The van der Waals surface area contributed by atoms with Gasteiger partial charge in [0.2, 0.25) is 0 Å². The number of carbonyl (C=O) groups is 1. The van der Waals surface area contributed by atoms with Gasteiger partial charge in [-0.25, -0.2) is 23.2 Å². The van der Waals surface area contributed by atoms with E-state index < -0.39 is 15.8 Å². The molecule has 6 nitrogen and oxygen atoms in total. The summed E-state index contributed by atoms with van der Waals surface area (Å²) in [4.78, 5) is 18.6. The van der Waals surface area contributed by atoms with Gasteiger partial charge < -0.3 is 5.11 Å². The van der Waals surface area contributed by atoms with Gasteiger partial charge in [0.25, 0.3) is 0 Å². The Labute approximate surface area is 126 Å². The van der Waals surface area contributed by atoms with Crippen molar-refractivity contribution in [2.24, 2.45) is 0 Å². The van der Waals surface area contributed by atoms with Gasteiger partial charge in [-0.15, -0.1) is 11.8 Å². The van der Waals surface area contributed by atoms with Gasteiger partial charge in [-0.2, -0.15) is 0 Å². The summed E-state index contributed by atoms with van der Waals surface area (Å²) in [6, 6.07) is 6.90. The first kappa shape index (κ1) is 15.5. The van der Waals surface area contributed by atoms with E-state index in [-0.39, 0.29) is 16.2 Å². The van der Waals surface area contributed by atoms with Crippen molar-refractivity contribution in [2.75, 3.05) is 11.5 Å². The molecule has 0 atom stereocenters. The number of nitrogens with zero attached hydrogens (tertiary/aromatic N) is 2. The Morgan fingerprint density at radius 3 is 2.48 bits per heavy atom. The summed E-state index contributed by atoms with van der Waals surface area (Å²) in [6.45, 7) is 0. The van der Waals surface area contributed by atoms with E-state index in [0.717, 1.165) is 0 Å². The molecule has 1 N–H and O–H groups in total. The first-order valence-electron chi connectivity index (χ1n) is 5.94. The van der Waals surface area contributed by atoms with E-state index >= 15 is 0 Å². The Balaban J connectivity index is 2.00. The van der Waals surface area contributed by atoms with E-state index in [1.54, 1.807) is 12.3 Å². The van der Waals surface area contributed by atoms with Crippen LogP contribution >= 0.6 is 11.8 Å². The van der Waals surface area contributed by atoms with Gasteiger partial charge in [-0.3, -0.25) is 0 Å². The summed E-state index contributed by atoms with van der Waals surface area (Å²) < 4.78 is 24.2. The normalized spacial score (nSPS) is 11.2. The molecule has 2 aromatic rings. The summed E-state index contributed by atoms with van der Waals surface area (Å²) in [5.74, 6) is -0.771. The molecule has 0 unspecified atom stereocenters. The van der Waals surface area contributed by atoms with Crippen LogP contribution in [0.1, 0.15) is 10.4 Å². The zero-order chi connectivity index (χ0) is 15.3. The minimum atomic E-state index is -3.43. The highest BCUT2D eigenvalue weighted by molar-refractivity contribution is 8.00. The topological polar surface area (TPSA) is 97.2 Å². The maximum Gasteiger partial charge on any atom is 0.335 e. The minimum absolute atomic E-state index is 0.0475. The van der Waals surface area contributed by atoms with E-state index in [9.17, 15) is 13.2 Å². The van der Waals surface area contributed by atoms with Crippen molar-refractivity contribution in [3.63, 3.8) is 0 Å². The molecule has 2 rings (SSSR count). The molecule has 0 aliphatic carbocycles. The third-order valence-corrected chi connectivity index (χ3v) is 5.55. The van der Waals surface area contributed by atoms with Crippen molar-refractivity contribution in [3.8, 4) is 0 Å². The number of sulfone groups is 1. The lowest BCUT2D eigenvalue weighted by Crippen LogP contribution is -2.09. The quantitative estimate of drug-likeness (QED) is 0.638. The smallest absolute Gasteiger partial charge is 0.335 e. The van der Waals surface area contributed by atoms with E-state index in [0.29, 0.717) is 10.8 Å². The molecule has 0 spiro atoms. The lowest BCUT2D eigenvalue weighted by Gasteiger charge is -2.04. The molecule has 0 bridgehead atoms. The number of benzene rings is 1. The predicted octanol–water partition coefficient (Wildman–Crippen LogP) is 1.74. The number of aromatic carboxylic acids is 1. The highest BCUT2D eigenvalue weighted by atomic mass is 32.2. The predicted molar refractivity (Wildman–Crippen MR) is 78.2 cm³/mol. The van der Waals surface area contributed by atoms with Gasteiger partial charge in [-0.1, -0.05) is 0 Å². The minimum Gasteiger partial charge on any atom is -0.478 e. The second-order valence-electron chi connectivity index (χ2n) is 4.04. The molecule has 110 valence electrons. The van der Waals surface area contributed by atoms with Gasteiger partial charge in [0.15, 0.2) is 9.84 Å². The van der Waals surface area contributed by atoms with Crippen LogP contribution in [0.2, 0.25) is 0 Å². The van der Waals surface area contributed by atoms with Crippen LogP contribution in [-0.2, 0) is 9.84 Å². The van der Waals surface area contributed by atoms with E-state index in [1.807, 2.05) is 0 Å².